The van der Waals surface area contributed by atoms with Crippen molar-refractivity contribution in [3.05, 3.63) is 0 Å². The van der Waals surface area contributed by atoms with Crippen molar-refractivity contribution in [3.8, 4) is 0 Å². The van der Waals surface area contributed by atoms with Crippen LogP contribution in [0.5, 0.6) is 0 Å². The minimum atomic E-state index is 0.250. The third-order valence-electron chi connectivity index (χ3n) is 3.44. The summed E-state index contributed by atoms with van der Waals surface area (Å²) in [5.74, 6) is 2.09. The molecule has 2 heterocycles. The molecule has 0 aliphatic carbocycles. The molecule has 2 aliphatic heterocycles. The minimum absolute atomic E-state index is 0.250. The molecule has 2 saturated heterocycles. The fourth-order valence-corrected chi connectivity index (χ4v) is 3.66. The molecular formula is C12H22N2OS. The number of rotatable bonds is 4. The van der Waals surface area contributed by atoms with Gasteiger partial charge in [-0.2, -0.15) is 11.8 Å². The molecule has 0 bridgehead atoms. The Morgan fingerprint density at radius 1 is 1.38 bits per heavy atom. The van der Waals surface area contributed by atoms with Crippen molar-refractivity contribution in [2.45, 2.75) is 37.4 Å². The summed E-state index contributed by atoms with van der Waals surface area (Å²) in [7, 11) is 0. The molecule has 0 aromatic heterocycles. The molecule has 16 heavy (non-hydrogen) atoms. The standard InChI is InChI=1S/C12H22N2OS/c15-12(7-10-4-5-13-8-10)14-9-11-3-1-2-6-16-11/h10-11,13H,1-9H2,(H,14,15). The average molecular weight is 242 g/mol. The molecule has 92 valence electrons. The van der Waals surface area contributed by atoms with E-state index >= 15 is 0 Å². The van der Waals surface area contributed by atoms with Crippen LogP contribution in [0, 0.1) is 5.92 Å². The van der Waals surface area contributed by atoms with Gasteiger partial charge in [-0.05, 0) is 44.0 Å². The van der Waals surface area contributed by atoms with E-state index in [-0.39, 0.29) is 5.91 Å². The zero-order valence-electron chi connectivity index (χ0n) is 9.84. The van der Waals surface area contributed by atoms with Crippen LogP contribution in [0.2, 0.25) is 0 Å². The smallest absolute Gasteiger partial charge is 0.220 e. The van der Waals surface area contributed by atoms with Crippen LogP contribution in [0.4, 0.5) is 0 Å². The number of carbonyl (C=O) groups is 1. The number of hydrogen-bond donors (Lipinski definition) is 2. The van der Waals surface area contributed by atoms with Crippen LogP contribution in [0.25, 0.3) is 0 Å². The third kappa shape index (κ3) is 3.98. The van der Waals surface area contributed by atoms with Gasteiger partial charge >= 0.3 is 0 Å². The van der Waals surface area contributed by atoms with Crippen molar-refractivity contribution >= 4 is 17.7 Å². The van der Waals surface area contributed by atoms with Crippen molar-refractivity contribution in [2.75, 3.05) is 25.4 Å². The Morgan fingerprint density at radius 2 is 2.31 bits per heavy atom. The maximum atomic E-state index is 11.7. The van der Waals surface area contributed by atoms with Gasteiger partial charge in [0.05, 0.1) is 0 Å². The molecular weight excluding hydrogens is 220 g/mol. The highest BCUT2D eigenvalue weighted by Crippen LogP contribution is 2.24. The summed E-state index contributed by atoms with van der Waals surface area (Å²) in [5.41, 5.74) is 0. The molecule has 0 aromatic rings. The summed E-state index contributed by atoms with van der Waals surface area (Å²) in [6.07, 6.45) is 5.83. The minimum Gasteiger partial charge on any atom is -0.355 e. The SMILES string of the molecule is O=C(CC1CCNC1)NCC1CCCCS1. The Balaban J connectivity index is 1.59. The van der Waals surface area contributed by atoms with Crippen LogP contribution in [0.15, 0.2) is 0 Å². The summed E-state index contributed by atoms with van der Waals surface area (Å²) in [5, 5.41) is 7.06. The van der Waals surface area contributed by atoms with E-state index in [1.54, 1.807) is 0 Å². The van der Waals surface area contributed by atoms with Crippen LogP contribution >= 0.6 is 11.8 Å². The van der Waals surface area contributed by atoms with Gasteiger partial charge < -0.3 is 10.6 Å². The van der Waals surface area contributed by atoms with Gasteiger partial charge in [-0.1, -0.05) is 6.42 Å². The van der Waals surface area contributed by atoms with Gasteiger partial charge in [0.15, 0.2) is 0 Å². The van der Waals surface area contributed by atoms with Gasteiger partial charge in [-0.15, -0.1) is 0 Å². The molecule has 2 unspecified atom stereocenters. The Hall–Kier alpha value is -0.220. The van der Waals surface area contributed by atoms with Crippen molar-refractivity contribution in [3.63, 3.8) is 0 Å². The lowest BCUT2D eigenvalue weighted by molar-refractivity contribution is -0.121. The zero-order valence-corrected chi connectivity index (χ0v) is 10.7. The molecule has 0 aromatic carbocycles. The predicted molar refractivity (Wildman–Crippen MR) is 68.7 cm³/mol. The van der Waals surface area contributed by atoms with Crippen molar-refractivity contribution in [2.24, 2.45) is 5.92 Å². The molecule has 2 rings (SSSR count). The van der Waals surface area contributed by atoms with E-state index in [4.69, 9.17) is 0 Å². The fraction of sp³-hybridized carbons (Fsp3) is 0.917. The second kappa shape index (κ2) is 6.50. The summed E-state index contributed by atoms with van der Waals surface area (Å²) in [6.45, 7) is 2.98. The quantitative estimate of drug-likeness (QED) is 0.783. The summed E-state index contributed by atoms with van der Waals surface area (Å²) < 4.78 is 0. The maximum absolute atomic E-state index is 11.7. The first-order valence-electron chi connectivity index (χ1n) is 6.43. The third-order valence-corrected chi connectivity index (χ3v) is 4.84. The first-order valence-corrected chi connectivity index (χ1v) is 7.48. The van der Waals surface area contributed by atoms with Crippen molar-refractivity contribution in [1.82, 2.24) is 10.6 Å². The fourth-order valence-electron chi connectivity index (χ4n) is 2.42. The van der Waals surface area contributed by atoms with E-state index in [2.05, 4.69) is 10.6 Å². The van der Waals surface area contributed by atoms with Gasteiger partial charge in [0.2, 0.25) is 5.91 Å². The van der Waals surface area contributed by atoms with Gasteiger partial charge in [0.25, 0.3) is 0 Å². The summed E-state index contributed by atoms with van der Waals surface area (Å²) in [4.78, 5) is 11.7. The van der Waals surface area contributed by atoms with Crippen molar-refractivity contribution in [1.29, 1.82) is 0 Å². The van der Waals surface area contributed by atoms with Gasteiger partial charge in [0.1, 0.15) is 0 Å². The number of hydrogen-bond acceptors (Lipinski definition) is 3. The highest BCUT2D eigenvalue weighted by Gasteiger charge is 2.19. The molecule has 3 nitrogen and oxygen atoms in total. The number of thioether (sulfide) groups is 1. The largest absolute Gasteiger partial charge is 0.355 e. The lowest BCUT2D eigenvalue weighted by Gasteiger charge is -2.21. The number of carbonyl (C=O) groups excluding carboxylic acids is 1. The van der Waals surface area contributed by atoms with Crippen LogP contribution in [-0.4, -0.2) is 36.5 Å². The van der Waals surface area contributed by atoms with E-state index in [9.17, 15) is 4.79 Å². The second-order valence-electron chi connectivity index (χ2n) is 4.86. The van der Waals surface area contributed by atoms with E-state index in [0.717, 1.165) is 26.1 Å². The van der Waals surface area contributed by atoms with E-state index in [0.29, 0.717) is 17.6 Å². The summed E-state index contributed by atoms with van der Waals surface area (Å²) in [6, 6.07) is 0. The molecule has 0 radical (unpaired) electrons. The highest BCUT2D eigenvalue weighted by molar-refractivity contribution is 7.99. The van der Waals surface area contributed by atoms with E-state index in [1.807, 2.05) is 11.8 Å². The first kappa shape index (κ1) is 12.2. The summed E-state index contributed by atoms with van der Waals surface area (Å²) >= 11 is 2.02. The first-order chi connectivity index (χ1) is 7.84. The van der Waals surface area contributed by atoms with Gasteiger partial charge in [0, 0.05) is 18.2 Å². The maximum Gasteiger partial charge on any atom is 0.220 e. The Bertz CT molecular complexity index is 223. The Kier molecular flexibility index (Phi) is 4.97. The lowest BCUT2D eigenvalue weighted by Crippen LogP contribution is -2.33. The molecule has 2 aliphatic rings. The molecule has 0 saturated carbocycles. The molecule has 4 heteroatoms. The molecule has 2 atom stereocenters. The Labute approximate surface area is 102 Å². The van der Waals surface area contributed by atoms with Crippen molar-refractivity contribution < 1.29 is 4.79 Å². The van der Waals surface area contributed by atoms with Crippen LogP contribution < -0.4 is 10.6 Å². The second-order valence-corrected chi connectivity index (χ2v) is 6.26. The number of nitrogens with one attached hydrogen (secondary N) is 2. The van der Waals surface area contributed by atoms with Gasteiger partial charge in [-0.25, -0.2) is 0 Å². The predicted octanol–water partition coefficient (Wildman–Crippen LogP) is 1.39. The highest BCUT2D eigenvalue weighted by atomic mass is 32.2. The van der Waals surface area contributed by atoms with Gasteiger partial charge in [-0.3, -0.25) is 4.79 Å². The van der Waals surface area contributed by atoms with Crippen LogP contribution in [0.1, 0.15) is 32.1 Å². The monoisotopic (exact) mass is 242 g/mol. The molecule has 2 fully saturated rings. The molecule has 1 amide bonds. The lowest BCUT2D eigenvalue weighted by atomic mass is 10.0. The molecule has 0 spiro atoms. The van der Waals surface area contributed by atoms with Crippen LogP contribution in [0.3, 0.4) is 0 Å². The van der Waals surface area contributed by atoms with E-state index in [1.165, 1.54) is 25.0 Å². The topological polar surface area (TPSA) is 41.1 Å². The van der Waals surface area contributed by atoms with Crippen LogP contribution in [-0.2, 0) is 4.79 Å². The number of amides is 1. The normalized spacial score (nSPS) is 30.2. The van der Waals surface area contributed by atoms with E-state index < -0.39 is 0 Å². The Morgan fingerprint density at radius 3 is 3.00 bits per heavy atom. The molecule has 2 N–H and O–H groups in total. The zero-order chi connectivity index (χ0) is 11.2. The average Bonchev–Trinajstić information content (AvgIpc) is 2.81.